The van der Waals surface area contributed by atoms with Crippen LogP contribution in [0, 0.1) is 6.92 Å². The maximum atomic E-state index is 12.4. The van der Waals surface area contributed by atoms with Crippen molar-refractivity contribution in [2.45, 2.75) is 18.2 Å². The van der Waals surface area contributed by atoms with Gasteiger partial charge in [0.15, 0.2) is 0 Å². The van der Waals surface area contributed by atoms with E-state index in [1.54, 1.807) is 24.3 Å². The molecule has 0 fully saturated rings. The fourth-order valence-corrected chi connectivity index (χ4v) is 3.90. The first-order valence-corrected chi connectivity index (χ1v) is 10.4. The molecule has 4 heteroatoms. The molecule has 3 aromatic carbocycles. The lowest BCUT2D eigenvalue weighted by atomic mass is 9.97. The van der Waals surface area contributed by atoms with Crippen LogP contribution in [-0.2, 0) is 10.0 Å². The molecule has 0 saturated heterocycles. The first-order chi connectivity index (χ1) is 13.1. The van der Waals surface area contributed by atoms with E-state index in [4.69, 9.17) is 0 Å². The van der Waals surface area contributed by atoms with Gasteiger partial charge in [-0.05, 0) is 42.2 Å². The SMILES string of the molecule is Cc1ccc(S(=O)(=O)NCCC=C(c2ccccc2)c2ccccc2)cc1. The highest BCUT2D eigenvalue weighted by Gasteiger charge is 2.12. The number of rotatable bonds is 7. The molecule has 0 bridgehead atoms. The molecule has 138 valence electrons. The van der Waals surface area contributed by atoms with Crippen LogP contribution in [0.25, 0.3) is 5.57 Å². The summed E-state index contributed by atoms with van der Waals surface area (Å²) >= 11 is 0. The zero-order chi connectivity index (χ0) is 19.1. The fourth-order valence-electron chi connectivity index (χ4n) is 2.85. The summed E-state index contributed by atoms with van der Waals surface area (Å²) < 4.78 is 27.5. The number of hydrogen-bond donors (Lipinski definition) is 1. The molecule has 0 aromatic heterocycles. The van der Waals surface area contributed by atoms with E-state index >= 15 is 0 Å². The molecule has 0 aliphatic carbocycles. The van der Waals surface area contributed by atoms with E-state index in [1.165, 1.54) is 0 Å². The van der Waals surface area contributed by atoms with E-state index in [9.17, 15) is 8.42 Å². The molecule has 1 N–H and O–H groups in total. The van der Waals surface area contributed by atoms with Crippen molar-refractivity contribution in [3.63, 3.8) is 0 Å². The first-order valence-electron chi connectivity index (χ1n) is 8.93. The van der Waals surface area contributed by atoms with Gasteiger partial charge in [0.2, 0.25) is 10.0 Å². The second-order valence-electron chi connectivity index (χ2n) is 6.35. The van der Waals surface area contributed by atoms with Gasteiger partial charge in [-0.1, -0.05) is 84.4 Å². The molecule has 0 aliphatic rings. The Morgan fingerprint density at radius 2 is 1.33 bits per heavy atom. The third-order valence-corrected chi connectivity index (χ3v) is 5.76. The van der Waals surface area contributed by atoms with Gasteiger partial charge in [0.1, 0.15) is 0 Å². The summed E-state index contributed by atoms with van der Waals surface area (Å²) in [6.45, 7) is 2.28. The predicted octanol–water partition coefficient (Wildman–Crippen LogP) is 4.80. The smallest absolute Gasteiger partial charge is 0.211 e. The van der Waals surface area contributed by atoms with Crippen molar-refractivity contribution in [3.05, 3.63) is 108 Å². The maximum absolute atomic E-state index is 12.4. The van der Waals surface area contributed by atoms with Crippen LogP contribution in [0.15, 0.2) is 95.9 Å². The molecule has 0 heterocycles. The minimum Gasteiger partial charge on any atom is -0.211 e. The summed E-state index contributed by atoms with van der Waals surface area (Å²) in [5, 5.41) is 0. The summed E-state index contributed by atoms with van der Waals surface area (Å²) in [7, 11) is -3.48. The van der Waals surface area contributed by atoms with Crippen LogP contribution in [0.5, 0.6) is 0 Å². The second kappa shape index (κ2) is 8.80. The molecule has 3 aromatic rings. The summed E-state index contributed by atoms with van der Waals surface area (Å²) in [6, 6.07) is 27.1. The third kappa shape index (κ3) is 5.16. The van der Waals surface area contributed by atoms with Gasteiger partial charge in [-0.2, -0.15) is 0 Å². The molecular weight excluding hydrogens is 354 g/mol. The molecule has 27 heavy (non-hydrogen) atoms. The normalized spacial score (nSPS) is 11.1. The number of sulfonamides is 1. The van der Waals surface area contributed by atoms with Crippen LogP contribution < -0.4 is 4.72 Å². The van der Waals surface area contributed by atoms with E-state index in [0.29, 0.717) is 17.9 Å². The molecular formula is C23H23NO2S. The highest BCUT2D eigenvalue weighted by atomic mass is 32.2. The van der Waals surface area contributed by atoms with Gasteiger partial charge in [0, 0.05) is 6.54 Å². The topological polar surface area (TPSA) is 46.2 Å². The number of aryl methyl sites for hydroxylation is 1. The number of nitrogens with one attached hydrogen (secondary N) is 1. The van der Waals surface area contributed by atoms with Crippen LogP contribution in [0.3, 0.4) is 0 Å². The fraction of sp³-hybridized carbons (Fsp3) is 0.130. The lowest BCUT2D eigenvalue weighted by Crippen LogP contribution is -2.24. The summed E-state index contributed by atoms with van der Waals surface area (Å²) in [5.74, 6) is 0. The highest BCUT2D eigenvalue weighted by Crippen LogP contribution is 2.23. The van der Waals surface area contributed by atoms with Crippen molar-refractivity contribution >= 4 is 15.6 Å². The largest absolute Gasteiger partial charge is 0.240 e. The highest BCUT2D eigenvalue weighted by molar-refractivity contribution is 7.89. The van der Waals surface area contributed by atoms with Crippen LogP contribution in [-0.4, -0.2) is 15.0 Å². The summed E-state index contributed by atoms with van der Waals surface area (Å²) in [5.41, 5.74) is 4.37. The van der Waals surface area contributed by atoms with Gasteiger partial charge in [-0.25, -0.2) is 13.1 Å². The minimum absolute atomic E-state index is 0.295. The lowest BCUT2D eigenvalue weighted by molar-refractivity contribution is 0.582. The van der Waals surface area contributed by atoms with Crippen LogP contribution >= 0.6 is 0 Å². The van der Waals surface area contributed by atoms with Crippen LogP contribution in [0.2, 0.25) is 0 Å². The Balaban J connectivity index is 1.73. The van der Waals surface area contributed by atoms with E-state index in [-0.39, 0.29) is 0 Å². The van der Waals surface area contributed by atoms with Gasteiger partial charge < -0.3 is 0 Å². The van der Waals surface area contributed by atoms with E-state index in [0.717, 1.165) is 22.3 Å². The summed E-state index contributed by atoms with van der Waals surface area (Å²) in [4.78, 5) is 0.295. The maximum Gasteiger partial charge on any atom is 0.240 e. The Kier molecular flexibility index (Phi) is 6.22. The Labute approximate surface area is 161 Å². The molecule has 0 radical (unpaired) electrons. The number of hydrogen-bond acceptors (Lipinski definition) is 2. The van der Waals surface area contributed by atoms with Gasteiger partial charge >= 0.3 is 0 Å². The quantitative estimate of drug-likeness (QED) is 0.602. The Morgan fingerprint density at radius 1 is 0.815 bits per heavy atom. The molecule has 3 rings (SSSR count). The first kappa shape index (κ1) is 19.1. The lowest BCUT2D eigenvalue weighted by Gasteiger charge is -2.10. The van der Waals surface area contributed by atoms with Crippen LogP contribution in [0.1, 0.15) is 23.1 Å². The zero-order valence-corrected chi connectivity index (χ0v) is 16.1. The molecule has 0 atom stereocenters. The summed E-state index contributed by atoms with van der Waals surface area (Å²) in [6.07, 6.45) is 2.69. The molecule has 3 nitrogen and oxygen atoms in total. The Hall–Kier alpha value is -2.69. The van der Waals surface area contributed by atoms with Crippen LogP contribution in [0.4, 0.5) is 0 Å². The predicted molar refractivity (Wildman–Crippen MR) is 111 cm³/mol. The molecule has 0 aliphatic heterocycles. The van der Waals surface area contributed by atoms with Gasteiger partial charge in [0.05, 0.1) is 4.90 Å². The average molecular weight is 378 g/mol. The molecule has 0 spiro atoms. The van der Waals surface area contributed by atoms with E-state index < -0.39 is 10.0 Å². The number of benzene rings is 3. The van der Waals surface area contributed by atoms with Gasteiger partial charge in [-0.3, -0.25) is 0 Å². The van der Waals surface area contributed by atoms with E-state index in [2.05, 4.69) is 35.1 Å². The zero-order valence-electron chi connectivity index (χ0n) is 15.3. The van der Waals surface area contributed by atoms with E-state index in [1.807, 2.05) is 43.3 Å². The van der Waals surface area contributed by atoms with Crippen molar-refractivity contribution < 1.29 is 8.42 Å². The monoisotopic (exact) mass is 377 g/mol. The minimum atomic E-state index is -3.48. The van der Waals surface area contributed by atoms with Crippen molar-refractivity contribution in [2.24, 2.45) is 0 Å². The Bertz CT molecular complexity index is 952. The standard InChI is InChI=1S/C23H23NO2S/c1-19-14-16-22(17-15-19)27(25,26)24-18-8-13-23(20-9-4-2-5-10-20)21-11-6-3-7-12-21/h2-7,9-17,24H,8,18H2,1H3. The van der Waals surface area contributed by atoms with Crippen molar-refractivity contribution in [3.8, 4) is 0 Å². The van der Waals surface area contributed by atoms with Crippen molar-refractivity contribution in [1.29, 1.82) is 0 Å². The van der Waals surface area contributed by atoms with Crippen molar-refractivity contribution in [1.82, 2.24) is 4.72 Å². The molecule has 0 unspecified atom stereocenters. The third-order valence-electron chi connectivity index (χ3n) is 4.29. The molecule has 0 saturated carbocycles. The molecule has 0 amide bonds. The Morgan fingerprint density at radius 3 is 1.85 bits per heavy atom. The van der Waals surface area contributed by atoms with Gasteiger partial charge in [-0.15, -0.1) is 0 Å². The second-order valence-corrected chi connectivity index (χ2v) is 8.12. The van der Waals surface area contributed by atoms with Crippen molar-refractivity contribution in [2.75, 3.05) is 6.54 Å². The average Bonchev–Trinajstić information content (AvgIpc) is 2.69. The van der Waals surface area contributed by atoms with Gasteiger partial charge in [0.25, 0.3) is 0 Å².